The number of nitrogens with one attached hydrogen (secondary N) is 2. The number of rotatable bonds is 7. The van der Waals surface area contributed by atoms with Crippen molar-refractivity contribution in [2.45, 2.75) is 31.3 Å². The molecule has 2 aromatic heterocycles. The van der Waals surface area contributed by atoms with Gasteiger partial charge in [0, 0.05) is 25.0 Å². The van der Waals surface area contributed by atoms with Gasteiger partial charge in [-0.25, -0.2) is 23.1 Å². The molecule has 2 aromatic rings. The Labute approximate surface area is 123 Å². The van der Waals surface area contributed by atoms with Crippen LogP contribution >= 0.6 is 0 Å². The highest BCUT2D eigenvalue weighted by Gasteiger charge is 2.18. The maximum atomic E-state index is 12.2. The lowest BCUT2D eigenvalue weighted by atomic mass is 10.4. The van der Waals surface area contributed by atoms with Crippen molar-refractivity contribution >= 4 is 16.0 Å². The van der Waals surface area contributed by atoms with Crippen molar-refractivity contribution in [3.8, 4) is 0 Å². The fourth-order valence-electron chi connectivity index (χ4n) is 1.76. The molecular weight excluding hydrogens is 292 g/mol. The molecule has 21 heavy (non-hydrogen) atoms. The van der Waals surface area contributed by atoms with Crippen LogP contribution in [0.2, 0.25) is 0 Å². The minimum atomic E-state index is -3.64. The summed E-state index contributed by atoms with van der Waals surface area (Å²) >= 11 is 0. The molecule has 114 valence electrons. The Morgan fingerprint density at radius 2 is 2.05 bits per heavy atom. The molecule has 2 heterocycles. The zero-order chi connectivity index (χ0) is 15.3. The van der Waals surface area contributed by atoms with E-state index in [1.807, 2.05) is 6.92 Å². The summed E-state index contributed by atoms with van der Waals surface area (Å²) in [6.07, 6.45) is 6.00. The van der Waals surface area contributed by atoms with E-state index in [1.54, 1.807) is 30.1 Å². The monoisotopic (exact) mass is 310 g/mol. The standard InChI is InChI=1S/C12H18N6O2S/c1-3-13-12-14-7-11(8-15-12)21(19,20)17-10(2)9-18-6-4-5-16-18/h4-8,10,17H,3,9H2,1-2H3,(H,13,14,15). The summed E-state index contributed by atoms with van der Waals surface area (Å²) in [6.45, 7) is 4.80. The van der Waals surface area contributed by atoms with Crippen LogP contribution in [0.15, 0.2) is 35.7 Å². The minimum Gasteiger partial charge on any atom is -0.355 e. The zero-order valence-corrected chi connectivity index (χ0v) is 12.7. The summed E-state index contributed by atoms with van der Waals surface area (Å²) in [7, 11) is -3.64. The molecule has 0 saturated carbocycles. The second kappa shape index (κ2) is 6.64. The topological polar surface area (TPSA) is 102 Å². The van der Waals surface area contributed by atoms with Gasteiger partial charge in [-0.15, -0.1) is 0 Å². The van der Waals surface area contributed by atoms with Crippen molar-refractivity contribution in [2.24, 2.45) is 0 Å². The molecule has 0 amide bonds. The van der Waals surface area contributed by atoms with Crippen molar-refractivity contribution in [3.63, 3.8) is 0 Å². The lowest BCUT2D eigenvalue weighted by Crippen LogP contribution is -2.35. The van der Waals surface area contributed by atoms with Crippen LogP contribution in [0.4, 0.5) is 5.95 Å². The van der Waals surface area contributed by atoms with Crippen LogP contribution in [0.3, 0.4) is 0 Å². The quantitative estimate of drug-likeness (QED) is 0.771. The van der Waals surface area contributed by atoms with E-state index in [4.69, 9.17) is 0 Å². The Morgan fingerprint density at radius 3 is 2.62 bits per heavy atom. The maximum Gasteiger partial charge on any atom is 0.243 e. The van der Waals surface area contributed by atoms with Gasteiger partial charge < -0.3 is 5.32 Å². The van der Waals surface area contributed by atoms with Crippen LogP contribution in [0.1, 0.15) is 13.8 Å². The van der Waals surface area contributed by atoms with Gasteiger partial charge in [-0.2, -0.15) is 5.10 Å². The number of hydrogen-bond acceptors (Lipinski definition) is 6. The number of aromatic nitrogens is 4. The second-order valence-electron chi connectivity index (χ2n) is 4.52. The third-order valence-electron chi connectivity index (χ3n) is 2.65. The number of hydrogen-bond donors (Lipinski definition) is 2. The Bertz CT molecular complexity index is 654. The van der Waals surface area contributed by atoms with Gasteiger partial charge >= 0.3 is 0 Å². The molecule has 0 radical (unpaired) electrons. The first-order valence-electron chi connectivity index (χ1n) is 6.57. The van der Waals surface area contributed by atoms with Crippen LogP contribution in [-0.2, 0) is 16.6 Å². The van der Waals surface area contributed by atoms with E-state index in [0.717, 1.165) is 0 Å². The van der Waals surface area contributed by atoms with Crippen LogP contribution in [-0.4, -0.2) is 40.8 Å². The van der Waals surface area contributed by atoms with E-state index in [9.17, 15) is 8.42 Å². The molecule has 1 unspecified atom stereocenters. The summed E-state index contributed by atoms with van der Waals surface area (Å²) in [4.78, 5) is 7.96. The van der Waals surface area contributed by atoms with Gasteiger partial charge in [0.2, 0.25) is 16.0 Å². The zero-order valence-electron chi connectivity index (χ0n) is 11.9. The average molecular weight is 310 g/mol. The highest BCUT2D eigenvalue weighted by atomic mass is 32.2. The van der Waals surface area contributed by atoms with E-state index in [0.29, 0.717) is 19.0 Å². The molecular formula is C12H18N6O2S. The summed E-state index contributed by atoms with van der Waals surface area (Å²) in [6, 6.07) is 1.48. The summed E-state index contributed by atoms with van der Waals surface area (Å²) < 4.78 is 28.6. The molecule has 0 aromatic carbocycles. The van der Waals surface area contributed by atoms with Gasteiger partial charge in [0.1, 0.15) is 4.90 Å². The summed E-state index contributed by atoms with van der Waals surface area (Å²) in [5.41, 5.74) is 0. The van der Waals surface area contributed by atoms with E-state index in [2.05, 4.69) is 25.1 Å². The molecule has 0 aliphatic carbocycles. The second-order valence-corrected chi connectivity index (χ2v) is 6.24. The molecule has 2 rings (SSSR count). The smallest absolute Gasteiger partial charge is 0.243 e. The van der Waals surface area contributed by atoms with Crippen LogP contribution in [0, 0.1) is 0 Å². The van der Waals surface area contributed by atoms with Gasteiger partial charge in [0.25, 0.3) is 0 Å². The van der Waals surface area contributed by atoms with Gasteiger partial charge in [-0.1, -0.05) is 0 Å². The van der Waals surface area contributed by atoms with Crippen molar-refractivity contribution in [3.05, 3.63) is 30.9 Å². The van der Waals surface area contributed by atoms with Gasteiger partial charge in [0.15, 0.2) is 0 Å². The number of nitrogens with zero attached hydrogens (tertiary/aromatic N) is 4. The van der Waals surface area contributed by atoms with Gasteiger partial charge in [-0.3, -0.25) is 4.68 Å². The highest BCUT2D eigenvalue weighted by molar-refractivity contribution is 7.89. The molecule has 0 saturated heterocycles. The number of sulfonamides is 1. The first kappa shape index (κ1) is 15.4. The van der Waals surface area contributed by atoms with E-state index >= 15 is 0 Å². The molecule has 0 aliphatic rings. The van der Waals surface area contributed by atoms with Crippen LogP contribution in [0.5, 0.6) is 0 Å². The molecule has 0 fully saturated rings. The third kappa shape index (κ3) is 4.23. The largest absolute Gasteiger partial charge is 0.355 e. The first-order chi connectivity index (χ1) is 10.0. The summed E-state index contributed by atoms with van der Waals surface area (Å²) in [5, 5.41) is 6.95. The number of anilines is 1. The minimum absolute atomic E-state index is 0.0384. The average Bonchev–Trinajstić information content (AvgIpc) is 2.92. The van der Waals surface area contributed by atoms with Crippen molar-refractivity contribution in [1.82, 2.24) is 24.5 Å². The van der Waals surface area contributed by atoms with E-state index < -0.39 is 10.0 Å². The van der Waals surface area contributed by atoms with Gasteiger partial charge in [0.05, 0.1) is 18.9 Å². The van der Waals surface area contributed by atoms with Gasteiger partial charge in [-0.05, 0) is 19.9 Å². The van der Waals surface area contributed by atoms with Crippen molar-refractivity contribution < 1.29 is 8.42 Å². The Balaban J connectivity index is 2.03. The van der Waals surface area contributed by atoms with Crippen molar-refractivity contribution in [1.29, 1.82) is 0 Å². The van der Waals surface area contributed by atoms with Crippen molar-refractivity contribution in [2.75, 3.05) is 11.9 Å². The normalized spacial score (nSPS) is 13.0. The SMILES string of the molecule is CCNc1ncc(S(=O)(=O)NC(C)Cn2cccn2)cn1. The fourth-order valence-corrected chi connectivity index (χ4v) is 2.89. The lowest BCUT2D eigenvalue weighted by molar-refractivity contribution is 0.493. The van der Waals surface area contributed by atoms with Crippen LogP contribution < -0.4 is 10.0 Å². The molecule has 2 N–H and O–H groups in total. The molecule has 8 nitrogen and oxygen atoms in total. The Hall–Kier alpha value is -2.00. The third-order valence-corrected chi connectivity index (χ3v) is 4.19. The molecule has 0 spiro atoms. The van der Waals surface area contributed by atoms with E-state index in [-0.39, 0.29) is 10.9 Å². The molecule has 0 bridgehead atoms. The fraction of sp³-hybridized carbons (Fsp3) is 0.417. The lowest BCUT2D eigenvalue weighted by Gasteiger charge is -2.14. The maximum absolute atomic E-state index is 12.2. The summed E-state index contributed by atoms with van der Waals surface area (Å²) in [5.74, 6) is 0.404. The molecule has 0 aliphatic heterocycles. The van der Waals surface area contributed by atoms with Crippen LogP contribution in [0.25, 0.3) is 0 Å². The van der Waals surface area contributed by atoms with E-state index in [1.165, 1.54) is 12.4 Å². The Morgan fingerprint density at radius 1 is 1.33 bits per heavy atom. The first-order valence-corrected chi connectivity index (χ1v) is 8.05. The highest BCUT2D eigenvalue weighted by Crippen LogP contribution is 2.08. The Kier molecular flexibility index (Phi) is 4.86. The molecule has 9 heteroatoms. The predicted octanol–water partition coefficient (Wildman–Crippen LogP) is 0.472. The molecule has 1 atom stereocenters. The predicted molar refractivity (Wildman–Crippen MR) is 78.2 cm³/mol.